The maximum Gasteiger partial charge on any atom is 0.416 e. The summed E-state index contributed by atoms with van der Waals surface area (Å²) in [4.78, 5) is 12.0. The Hall–Kier alpha value is -2.70. The molecule has 0 bridgehead atoms. The smallest absolute Gasteiger partial charge is 0.416 e. The summed E-state index contributed by atoms with van der Waals surface area (Å²) in [5.41, 5.74) is -0.671. The first-order chi connectivity index (χ1) is 11.3. The van der Waals surface area contributed by atoms with Gasteiger partial charge in [-0.15, -0.1) is 0 Å². The van der Waals surface area contributed by atoms with E-state index in [2.05, 4.69) is 0 Å². The molecule has 2 rings (SSSR count). The molecule has 0 saturated carbocycles. The predicted octanol–water partition coefficient (Wildman–Crippen LogP) is 3.98. The van der Waals surface area contributed by atoms with Crippen molar-refractivity contribution >= 4 is 5.78 Å². The monoisotopic (exact) mass is 340 g/mol. The van der Waals surface area contributed by atoms with Gasteiger partial charge >= 0.3 is 6.18 Å². The van der Waals surface area contributed by atoms with E-state index in [0.29, 0.717) is 17.2 Å². The van der Waals surface area contributed by atoms with Crippen LogP contribution in [0.4, 0.5) is 13.2 Å². The summed E-state index contributed by atoms with van der Waals surface area (Å²) in [6.07, 6.45) is -4.44. The Kier molecular flexibility index (Phi) is 5.33. The Labute approximate surface area is 136 Å². The predicted molar refractivity (Wildman–Crippen MR) is 80.8 cm³/mol. The summed E-state index contributed by atoms with van der Waals surface area (Å²) in [6.45, 7) is -0.318. The van der Waals surface area contributed by atoms with Crippen molar-refractivity contribution in [1.29, 1.82) is 0 Å². The maximum absolute atomic E-state index is 12.5. The molecule has 2 aromatic carbocycles. The number of halogens is 3. The molecule has 0 aliphatic rings. The van der Waals surface area contributed by atoms with E-state index in [-0.39, 0.29) is 12.2 Å². The molecular weight excluding hydrogens is 325 g/mol. The number of ether oxygens (including phenoxy) is 3. The van der Waals surface area contributed by atoms with E-state index < -0.39 is 17.5 Å². The molecule has 24 heavy (non-hydrogen) atoms. The maximum atomic E-state index is 12.5. The SMILES string of the molecule is COc1cc(OC)cc(OCC(=O)c2ccc(C(F)(F)F)cc2)c1. The second kappa shape index (κ2) is 7.25. The first-order valence-corrected chi connectivity index (χ1v) is 6.90. The van der Waals surface area contributed by atoms with Crippen molar-refractivity contribution in [3.63, 3.8) is 0 Å². The van der Waals surface area contributed by atoms with Crippen molar-refractivity contribution < 1.29 is 32.2 Å². The second-order valence-corrected chi connectivity index (χ2v) is 4.84. The van der Waals surface area contributed by atoms with E-state index in [1.165, 1.54) is 14.2 Å². The van der Waals surface area contributed by atoms with Gasteiger partial charge < -0.3 is 14.2 Å². The van der Waals surface area contributed by atoms with Gasteiger partial charge in [0.2, 0.25) is 0 Å². The number of hydrogen-bond donors (Lipinski definition) is 0. The summed E-state index contributed by atoms with van der Waals surface area (Å²) < 4.78 is 53.0. The van der Waals surface area contributed by atoms with Gasteiger partial charge in [0.1, 0.15) is 17.2 Å². The van der Waals surface area contributed by atoms with Gasteiger partial charge in [-0.25, -0.2) is 0 Å². The van der Waals surface area contributed by atoms with Crippen molar-refractivity contribution in [2.45, 2.75) is 6.18 Å². The zero-order chi connectivity index (χ0) is 17.7. The number of carbonyl (C=O) groups is 1. The molecule has 0 aliphatic carbocycles. The van der Waals surface area contributed by atoms with Gasteiger partial charge in [-0.2, -0.15) is 13.2 Å². The minimum atomic E-state index is -4.44. The largest absolute Gasteiger partial charge is 0.496 e. The molecule has 0 N–H and O–H groups in total. The molecular formula is C17H15F3O4. The van der Waals surface area contributed by atoms with Gasteiger partial charge in [-0.05, 0) is 12.1 Å². The molecule has 128 valence electrons. The molecule has 0 aliphatic heterocycles. The average molecular weight is 340 g/mol. The van der Waals surface area contributed by atoms with Gasteiger partial charge in [0, 0.05) is 23.8 Å². The zero-order valence-electron chi connectivity index (χ0n) is 13.0. The first kappa shape index (κ1) is 17.7. The summed E-state index contributed by atoms with van der Waals surface area (Å²) in [5.74, 6) is 0.898. The second-order valence-electron chi connectivity index (χ2n) is 4.84. The van der Waals surface area contributed by atoms with Crippen molar-refractivity contribution in [2.24, 2.45) is 0 Å². The Morgan fingerprint density at radius 1 is 0.917 bits per heavy atom. The zero-order valence-corrected chi connectivity index (χ0v) is 13.0. The highest BCUT2D eigenvalue weighted by molar-refractivity contribution is 5.97. The van der Waals surface area contributed by atoms with Crippen LogP contribution < -0.4 is 14.2 Å². The first-order valence-electron chi connectivity index (χ1n) is 6.90. The normalized spacial score (nSPS) is 11.0. The number of ketones is 1. The topological polar surface area (TPSA) is 44.8 Å². The number of carbonyl (C=O) groups excluding carboxylic acids is 1. The standard InChI is InChI=1S/C17H15F3O4/c1-22-13-7-14(23-2)9-15(8-13)24-10-16(21)11-3-5-12(6-4-11)17(18,19)20/h3-9H,10H2,1-2H3. The molecule has 0 saturated heterocycles. The van der Waals surface area contributed by atoms with Crippen LogP contribution in [0.5, 0.6) is 17.2 Å². The van der Waals surface area contributed by atoms with Crippen LogP contribution in [0.2, 0.25) is 0 Å². The van der Waals surface area contributed by atoms with Crippen molar-refractivity contribution in [3.8, 4) is 17.2 Å². The molecule has 0 radical (unpaired) electrons. The fourth-order valence-electron chi connectivity index (χ4n) is 1.94. The molecule has 0 heterocycles. The lowest BCUT2D eigenvalue weighted by atomic mass is 10.1. The molecule has 0 spiro atoms. The van der Waals surface area contributed by atoms with E-state index in [4.69, 9.17) is 14.2 Å². The molecule has 0 unspecified atom stereocenters. The number of methoxy groups -OCH3 is 2. The van der Waals surface area contributed by atoms with Gasteiger partial charge in [0.15, 0.2) is 12.4 Å². The number of hydrogen-bond acceptors (Lipinski definition) is 4. The van der Waals surface area contributed by atoms with Crippen LogP contribution in [-0.2, 0) is 6.18 Å². The quantitative estimate of drug-likeness (QED) is 0.746. The molecule has 0 fully saturated rings. The van der Waals surface area contributed by atoms with Gasteiger partial charge in [-0.3, -0.25) is 4.79 Å². The highest BCUT2D eigenvalue weighted by atomic mass is 19.4. The Morgan fingerprint density at radius 2 is 1.42 bits per heavy atom. The molecule has 0 atom stereocenters. The third kappa shape index (κ3) is 4.41. The molecule has 7 heteroatoms. The number of benzene rings is 2. The van der Waals surface area contributed by atoms with Crippen molar-refractivity contribution in [2.75, 3.05) is 20.8 Å². The van der Waals surface area contributed by atoms with Crippen LogP contribution in [0.15, 0.2) is 42.5 Å². The third-order valence-corrected chi connectivity index (χ3v) is 3.23. The molecule has 0 amide bonds. The lowest BCUT2D eigenvalue weighted by Crippen LogP contribution is -2.12. The van der Waals surface area contributed by atoms with E-state index in [9.17, 15) is 18.0 Å². The van der Waals surface area contributed by atoms with Crippen molar-refractivity contribution in [1.82, 2.24) is 0 Å². The summed E-state index contributed by atoms with van der Waals surface area (Å²) in [7, 11) is 2.96. The average Bonchev–Trinajstić information content (AvgIpc) is 2.58. The van der Waals surface area contributed by atoms with E-state index >= 15 is 0 Å². The highest BCUT2D eigenvalue weighted by Crippen LogP contribution is 2.29. The minimum absolute atomic E-state index is 0.137. The molecule has 0 aromatic heterocycles. The Morgan fingerprint density at radius 3 is 1.88 bits per heavy atom. The summed E-state index contributed by atoms with van der Waals surface area (Å²) >= 11 is 0. The fourth-order valence-corrected chi connectivity index (χ4v) is 1.94. The third-order valence-electron chi connectivity index (χ3n) is 3.23. The Balaban J connectivity index is 2.05. The number of Topliss-reactive ketones (excluding diaryl/α,β-unsaturated/α-hetero) is 1. The Bertz CT molecular complexity index is 687. The van der Waals surface area contributed by atoms with Crippen LogP contribution in [0, 0.1) is 0 Å². The molecule has 2 aromatic rings. The van der Waals surface area contributed by atoms with E-state index in [0.717, 1.165) is 24.3 Å². The van der Waals surface area contributed by atoms with Gasteiger partial charge in [0.05, 0.1) is 19.8 Å². The fraction of sp³-hybridized carbons (Fsp3) is 0.235. The molecule has 4 nitrogen and oxygen atoms in total. The van der Waals surface area contributed by atoms with Crippen LogP contribution in [0.3, 0.4) is 0 Å². The van der Waals surface area contributed by atoms with Crippen LogP contribution >= 0.6 is 0 Å². The van der Waals surface area contributed by atoms with Gasteiger partial charge in [0.25, 0.3) is 0 Å². The van der Waals surface area contributed by atoms with Crippen LogP contribution in [-0.4, -0.2) is 26.6 Å². The van der Waals surface area contributed by atoms with Gasteiger partial charge in [-0.1, -0.05) is 12.1 Å². The number of rotatable bonds is 6. The van der Waals surface area contributed by atoms with E-state index in [1.54, 1.807) is 18.2 Å². The van der Waals surface area contributed by atoms with Crippen molar-refractivity contribution in [3.05, 3.63) is 53.6 Å². The lowest BCUT2D eigenvalue weighted by molar-refractivity contribution is -0.137. The lowest BCUT2D eigenvalue weighted by Gasteiger charge is -2.10. The summed E-state index contributed by atoms with van der Waals surface area (Å²) in [6, 6.07) is 8.76. The van der Waals surface area contributed by atoms with Crippen LogP contribution in [0.1, 0.15) is 15.9 Å². The van der Waals surface area contributed by atoms with Crippen LogP contribution in [0.25, 0.3) is 0 Å². The summed E-state index contributed by atoms with van der Waals surface area (Å²) in [5, 5.41) is 0. The highest BCUT2D eigenvalue weighted by Gasteiger charge is 2.30. The van der Waals surface area contributed by atoms with E-state index in [1.807, 2.05) is 0 Å². The number of alkyl halides is 3. The minimum Gasteiger partial charge on any atom is -0.496 e.